The van der Waals surface area contributed by atoms with Gasteiger partial charge in [-0.05, 0) is 62.7 Å². The minimum Gasteiger partial charge on any atom is -0.469 e. The Bertz CT molecular complexity index is 639. The molecule has 0 radical (unpaired) electrons. The van der Waals surface area contributed by atoms with E-state index >= 15 is 0 Å². The number of aliphatic hydroxyl groups is 1. The van der Waals surface area contributed by atoms with Crippen molar-refractivity contribution in [1.82, 2.24) is 0 Å². The second-order valence-electron chi connectivity index (χ2n) is 8.82. The van der Waals surface area contributed by atoms with Crippen LogP contribution in [0.15, 0.2) is 11.6 Å². The summed E-state index contributed by atoms with van der Waals surface area (Å²) in [6, 6.07) is 0. The number of hydrogen-bond donors (Lipinski definition) is 1. The van der Waals surface area contributed by atoms with E-state index in [4.69, 9.17) is 0 Å². The van der Waals surface area contributed by atoms with Crippen LogP contribution in [-0.4, -0.2) is 30.1 Å². The highest BCUT2D eigenvalue weighted by Gasteiger charge is 2.45. The van der Waals surface area contributed by atoms with Crippen molar-refractivity contribution in [3.8, 4) is 11.8 Å². The largest absolute Gasteiger partial charge is 0.469 e. The molecule has 2 rings (SSSR count). The van der Waals surface area contributed by atoms with Gasteiger partial charge < -0.3 is 9.84 Å². The maximum absolute atomic E-state index is 12.9. The maximum Gasteiger partial charge on any atom is 0.305 e. The lowest BCUT2D eigenvalue weighted by molar-refractivity contribution is -0.140. The van der Waals surface area contributed by atoms with Crippen LogP contribution in [0, 0.1) is 35.5 Å². The average Bonchev–Trinajstić information content (AvgIpc) is 3.04. The smallest absolute Gasteiger partial charge is 0.305 e. The average molecular weight is 403 g/mol. The van der Waals surface area contributed by atoms with Crippen molar-refractivity contribution >= 4 is 11.8 Å². The molecule has 0 aliphatic heterocycles. The van der Waals surface area contributed by atoms with Crippen LogP contribution in [0.1, 0.15) is 84.5 Å². The Balaban J connectivity index is 1.81. The van der Waals surface area contributed by atoms with E-state index in [2.05, 4.69) is 29.6 Å². The van der Waals surface area contributed by atoms with Crippen LogP contribution in [0.2, 0.25) is 0 Å². The van der Waals surface area contributed by atoms with Gasteiger partial charge in [-0.1, -0.05) is 25.5 Å². The standard InChI is InChI=1S/C25H38O4/c1-4-5-6-9-18(2)12-15-22(26)25-21-14-13-19(16-20(21)17-23(25)27)10-7-8-11-24(28)29-3/h16,18,20-21,23,25,27H,4,7-15,17H2,1-3H3/t18?,20-,21-,23+,25-/m1/s1. The molecule has 0 spiro atoms. The van der Waals surface area contributed by atoms with Crippen LogP contribution in [-0.2, 0) is 14.3 Å². The maximum atomic E-state index is 12.9. The van der Waals surface area contributed by atoms with E-state index in [1.165, 1.54) is 12.7 Å². The molecule has 0 bridgehead atoms. The molecule has 0 aromatic heterocycles. The first-order valence-electron chi connectivity index (χ1n) is 11.4. The number of esters is 1. The summed E-state index contributed by atoms with van der Waals surface area (Å²) in [6.07, 6.45) is 11.0. The van der Waals surface area contributed by atoms with Crippen molar-refractivity contribution in [2.24, 2.45) is 23.7 Å². The van der Waals surface area contributed by atoms with Crippen LogP contribution >= 0.6 is 0 Å². The summed E-state index contributed by atoms with van der Waals surface area (Å²) >= 11 is 0. The number of ether oxygens (including phenoxy) is 1. The van der Waals surface area contributed by atoms with E-state index in [1.807, 2.05) is 6.92 Å². The fourth-order valence-electron chi connectivity index (χ4n) is 4.89. The summed E-state index contributed by atoms with van der Waals surface area (Å²) in [6.45, 7) is 4.20. The van der Waals surface area contributed by atoms with Crippen LogP contribution in [0.25, 0.3) is 0 Å². The van der Waals surface area contributed by atoms with E-state index in [1.54, 1.807) is 0 Å². The zero-order valence-electron chi connectivity index (χ0n) is 18.4. The summed E-state index contributed by atoms with van der Waals surface area (Å²) in [7, 11) is 1.43. The molecule has 29 heavy (non-hydrogen) atoms. The lowest BCUT2D eigenvalue weighted by atomic mass is 9.76. The van der Waals surface area contributed by atoms with Crippen molar-refractivity contribution in [2.45, 2.75) is 90.6 Å². The van der Waals surface area contributed by atoms with Gasteiger partial charge in [0.25, 0.3) is 0 Å². The predicted octanol–water partition coefficient (Wildman–Crippen LogP) is 4.84. The highest BCUT2D eigenvalue weighted by atomic mass is 16.5. The molecule has 1 saturated carbocycles. The fourth-order valence-corrected chi connectivity index (χ4v) is 4.89. The molecular weight excluding hydrogens is 364 g/mol. The van der Waals surface area contributed by atoms with Gasteiger partial charge in [-0.2, -0.15) is 0 Å². The number of fused-ring (bicyclic) bond motifs is 1. The molecule has 0 aromatic rings. The second kappa shape index (κ2) is 12.2. The third kappa shape index (κ3) is 7.30. The van der Waals surface area contributed by atoms with E-state index in [0.717, 1.165) is 51.4 Å². The molecule has 162 valence electrons. The van der Waals surface area contributed by atoms with Gasteiger partial charge in [0.1, 0.15) is 5.78 Å². The number of carbonyl (C=O) groups excluding carboxylic acids is 2. The van der Waals surface area contributed by atoms with Gasteiger partial charge in [0.2, 0.25) is 0 Å². The predicted molar refractivity (Wildman–Crippen MR) is 115 cm³/mol. The molecule has 1 fully saturated rings. The van der Waals surface area contributed by atoms with E-state index in [0.29, 0.717) is 37.0 Å². The Hall–Kier alpha value is -1.60. The van der Waals surface area contributed by atoms with Gasteiger partial charge in [0.15, 0.2) is 0 Å². The number of unbranched alkanes of at least 4 members (excludes halogenated alkanes) is 1. The number of allylic oxidation sites excluding steroid dienone is 2. The Labute approximate surface area is 176 Å². The van der Waals surface area contributed by atoms with Crippen molar-refractivity contribution in [3.05, 3.63) is 11.6 Å². The minimum absolute atomic E-state index is 0.144. The SMILES string of the molecule is CCC#CCC(C)CCC(=O)[C@H]1[C@@H]2CCC(CCCCC(=O)OC)=C[C@@H]2C[C@@H]1O. The summed E-state index contributed by atoms with van der Waals surface area (Å²) in [5, 5.41) is 10.6. The number of Topliss-reactive ketones (excluding diaryl/α,β-unsaturated/α-hetero) is 1. The zero-order chi connectivity index (χ0) is 21.2. The van der Waals surface area contributed by atoms with Gasteiger partial charge in [0, 0.05) is 31.6 Å². The third-order valence-corrected chi connectivity index (χ3v) is 6.55. The molecule has 0 heterocycles. The summed E-state index contributed by atoms with van der Waals surface area (Å²) in [5.74, 6) is 7.23. The molecule has 4 nitrogen and oxygen atoms in total. The van der Waals surface area contributed by atoms with Crippen molar-refractivity contribution in [3.63, 3.8) is 0 Å². The highest BCUT2D eigenvalue weighted by Crippen LogP contribution is 2.46. The lowest BCUT2D eigenvalue weighted by Crippen LogP contribution is -2.30. The Morgan fingerprint density at radius 2 is 2.07 bits per heavy atom. The molecule has 5 atom stereocenters. The summed E-state index contributed by atoms with van der Waals surface area (Å²) in [4.78, 5) is 24.1. The Morgan fingerprint density at radius 3 is 2.79 bits per heavy atom. The van der Waals surface area contributed by atoms with Gasteiger partial charge in [-0.25, -0.2) is 0 Å². The van der Waals surface area contributed by atoms with E-state index in [-0.39, 0.29) is 17.7 Å². The molecule has 2 aliphatic carbocycles. The molecule has 0 aromatic carbocycles. The Morgan fingerprint density at radius 1 is 1.28 bits per heavy atom. The molecule has 4 heteroatoms. The number of hydrogen-bond acceptors (Lipinski definition) is 4. The van der Waals surface area contributed by atoms with E-state index in [9.17, 15) is 14.7 Å². The quantitative estimate of drug-likeness (QED) is 0.246. The molecule has 1 unspecified atom stereocenters. The second-order valence-corrected chi connectivity index (χ2v) is 8.82. The van der Waals surface area contributed by atoms with Crippen molar-refractivity contribution in [1.29, 1.82) is 0 Å². The minimum atomic E-state index is -0.498. The molecule has 0 saturated heterocycles. The van der Waals surface area contributed by atoms with E-state index < -0.39 is 6.10 Å². The first-order valence-corrected chi connectivity index (χ1v) is 11.4. The first-order chi connectivity index (χ1) is 14.0. The number of ketones is 1. The molecular formula is C25H38O4. The number of carbonyl (C=O) groups is 2. The van der Waals surface area contributed by atoms with Crippen LogP contribution in [0.4, 0.5) is 0 Å². The van der Waals surface area contributed by atoms with Gasteiger partial charge >= 0.3 is 5.97 Å². The summed E-state index contributed by atoms with van der Waals surface area (Å²) in [5.41, 5.74) is 1.43. The first kappa shape index (κ1) is 23.7. The monoisotopic (exact) mass is 402 g/mol. The molecule has 1 N–H and O–H groups in total. The normalized spacial score (nSPS) is 26.7. The summed E-state index contributed by atoms with van der Waals surface area (Å²) < 4.78 is 4.68. The number of rotatable bonds is 10. The van der Waals surface area contributed by atoms with Gasteiger partial charge in [-0.3, -0.25) is 9.59 Å². The molecule has 0 amide bonds. The van der Waals surface area contributed by atoms with Gasteiger partial charge in [-0.15, -0.1) is 11.8 Å². The van der Waals surface area contributed by atoms with Crippen LogP contribution in [0.3, 0.4) is 0 Å². The van der Waals surface area contributed by atoms with Crippen molar-refractivity contribution < 1.29 is 19.4 Å². The van der Waals surface area contributed by atoms with Crippen molar-refractivity contribution in [2.75, 3.05) is 7.11 Å². The topological polar surface area (TPSA) is 63.6 Å². The zero-order valence-corrected chi connectivity index (χ0v) is 18.4. The number of aliphatic hydroxyl groups excluding tert-OH is 1. The fraction of sp³-hybridized carbons (Fsp3) is 0.760. The van der Waals surface area contributed by atoms with Gasteiger partial charge in [0.05, 0.1) is 13.2 Å². The Kier molecular flexibility index (Phi) is 9.94. The highest BCUT2D eigenvalue weighted by molar-refractivity contribution is 5.82. The van der Waals surface area contributed by atoms with Crippen LogP contribution < -0.4 is 0 Å². The lowest BCUT2D eigenvalue weighted by Gasteiger charge is -2.28. The molecule has 2 aliphatic rings. The van der Waals surface area contributed by atoms with Crippen LogP contribution in [0.5, 0.6) is 0 Å². The third-order valence-electron chi connectivity index (χ3n) is 6.55. The number of methoxy groups -OCH3 is 1.